The minimum absolute atomic E-state index is 0.0735. The third kappa shape index (κ3) is 10.6. The summed E-state index contributed by atoms with van der Waals surface area (Å²) in [6, 6.07) is 12.7. The topological polar surface area (TPSA) is 209 Å². The number of aromatic hydroxyl groups is 1. The maximum atomic E-state index is 13.5. The fourth-order valence-corrected chi connectivity index (χ4v) is 3.93. The van der Waals surface area contributed by atoms with E-state index < -0.39 is 36.2 Å². The monoisotopic (exact) mass is 541 g/mol. The largest absolute Gasteiger partial charge is 0.508 e. The van der Waals surface area contributed by atoms with Crippen molar-refractivity contribution in [3.63, 3.8) is 0 Å². The maximum absolute atomic E-state index is 13.5. The number of carbonyl (C=O) groups is 3. The molecule has 0 spiro atoms. The smallest absolute Gasteiger partial charge is 0.243 e. The lowest BCUT2D eigenvalue weighted by atomic mass is 10.0. The number of nitrogens with two attached hydrogens (primary N) is 3. The molecule has 12 nitrogen and oxygen atoms in total. The number of phenols is 1. The van der Waals surface area contributed by atoms with Gasteiger partial charge in [-0.3, -0.25) is 19.4 Å². The van der Waals surface area contributed by atoms with Gasteiger partial charge in [0.05, 0.1) is 6.04 Å². The molecular weight excluding hydrogens is 502 g/mol. The quantitative estimate of drug-likeness (QED) is 0.0703. The number of phenolic OH excluding ortho intramolecular Hbond substituents is 1. The molecule has 3 amide bonds. The summed E-state index contributed by atoms with van der Waals surface area (Å²) in [6.45, 7) is 1.58. The molecular formula is C27H39N7O5. The van der Waals surface area contributed by atoms with Crippen molar-refractivity contribution in [2.24, 2.45) is 22.2 Å². The summed E-state index contributed by atoms with van der Waals surface area (Å²) in [7, 11) is 1.50. The van der Waals surface area contributed by atoms with Gasteiger partial charge in [-0.05, 0) is 42.5 Å². The Hall–Kier alpha value is -4.16. The Bertz CT molecular complexity index is 1110. The molecule has 0 saturated carbocycles. The molecule has 0 aliphatic rings. The van der Waals surface area contributed by atoms with E-state index in [1.807, 2.05) is 30.3 Å². The van der Waals surface area contributed by atoms with Crippen molar-refractivity contribution in [3.05, 3.63) is 65.7 Å². The Morgan fingerprint density at radius 1 is 0.949 bits per heavy atom. The van der Waals surface area contributed by atoms with Crippen LogP contribution in [0.5, 0.6) is 5.75 Å². The summed E-state index contributed by atoms with van der Waals surface area (Å²) in [5.41, 5.74) is 18.1. The molecule has 39 heavy (non-hydrogen) atoms. The second-order valence-electron chi connectivity index (χ2n) is 9.32. The van der Waals surface area contributed by atoms with E-state index in [2.05, 4.69) is 15.6 Å². The second kappa shape index (κ2) is 15.3. The number of hydrogen-bond acceptors (Lipinski definition) is 7. The number of benzene rings is 2. The third-order valence-electron chi connectivity index (χ3n) is 6.25. The summed E-state index contributed by atoms with van der Waals surface area (Å²) < 4.78 is 0. The molecule has 0 saturated heterocycles. The van der Waals surface area contributed by atoms with Gasteiger partial charge >= 0.3 is 0 Å². The lowest BCUT2D eigenvalue weighted by molar-refractivity contribution is -0.139. The van der Waals surface area contributed by atoms with Gasteiger partial charge in [-0.25, -0.2) is 0 Å². The number of nitrogens with zero attached hydrogens (tertiary/aromatic N) is 2. The Kier molecular flexibility index (Phi) is 12.2. The van der Waals surface area contributed by atoms with E-state index in [0.29, 0.717) is 12.0 Å². The number of rotatable bonds is 14. The van der Waals surface area contributed by atoms with Gasteiger partial charge in [-0.2, -0.15) is 0 Å². The van der Waals surface area contributed by atoms with Crippen LogP contribution in [0.3, 0.4) is 0 Å². The number of aliphatic imine (C=N–C) groups is 1. The van der Waals surface area contributed by atoms with Crippen molar-refractivity contribution in [2.45, 2.75) is 57.0 Å². The molecule has 0 bridgehead atoms. The lowest BCUT2D eigenvalue weighted by Gasteiger charge is -2.30. The molecule has 0 fully saturated rings. The molecule has 10 N–H and O–H groups in total. The lowest BCUT2D eigenvalue weighted by Crippen LogP contribution is -2.58. The molecule has 0 heterocycles. The summed E-state index contributed by atoms with van der Waals surface area (Å²) in [4.78, 5) is 44.2. The molecule has 4 atom stereocenters. The van der Waals surface area contributed by atoms with Gasteiger partial charge in [0.15, 0.2) is 5.96 Å². The Morgan fingerprint density at radius 3 is 2.13 bits per heavy atom. The highest BCUT2D eigenvalue weighted by Crippen LogP contribution is 2.14. The van der Waals surface area contributed by atoms with Crippen molar-refractivity contribution in [1.82, 2.24) is 15.5 Å². The molecule has 4 unspecified atom stereocenters. The van der Waals surface area contributed by atoms with Crippen LogP contribution in [0, 0.1) is 0 Å². The van der Waals surface area contributed by atoms with Crippen LogP contribution in [-0.2, 0) is 27.2 Å². The van der Waals surface area contributed by atoms with E-state index >= 15 is 0 Å². The molecule has 2 aromatic rings. The van der Waals surface area contributed by atoms with Gasteiger partial charge in [0.2, 0.25) is 17.7 Å². The van der Waals surface area contributed by atoms with Crippen molar-refractivity contribution in [2.75, 3.05) is 13.6 Å². The highest BCUT2D eigenvalue weighted by molar-refractivity contribution is 5.92. The van der Waals surface area contributed by atoms with Crippen LogP contribution in [0.1, 0.15) is 30.9 Å². The molecule has 212 valence electrons. The van der Waals surface area contributed by atoms with Crippen molar-refractivity contribution >= 4 is 23.7 Å². The number of nitrogens with one attached hydrogen (secondary N) is 2. The van der Waals surface area contributed by atoms with E-state index in [4.69, 9.17) is 17.2 Å². The van der Waals surface area contributed by atoms with E-state index in [1.165, 1.54) is 31.0 Å². The summed E-state index contributed by atoms with van der Waals surface area (Å²) in [5.74, 6) is -1.45. The minimum atomic E-state index is -1.35. The van der Waals surface area contributed by atoms with Gasteiger partial charge in [0, 0.05) is 26.9 Å². The summed E-state index contributed by atoms with van der Waals surface area (Å²) in [6.07, 6.45) is -0.366. The third-order valence-corrected chi connectivity index (χ3v) is 6.25. The maximum Gasteiger partial charge on any atom is 0.243 e. The molecule has 0 radical (unpaired) electrons. The Labute approximate surface area is 228 Å². The predicted octanol–water partition coefficient (Wildman–Crippen LogP) is -0.675. The molecule has 12 heteroatoms. The molecule has 0 aromatic heterocycles. The average Bonchev–Trinajstić information content (AvgIpc) is 2.89. The zero-order valence-corrected chi connectivity index (χ0v) is 22.3. The van der Waals surface area contributed by atoms with Crippen LogP contribution in [-0.4, -0.2) is 76.7 Å². The van der Waals surface area contributed by atoms with Crippen LogP contribution < -0.4 is 27.8 Å². The van der Waals surface area contributed by atoms with Crippen LogP contribution in [0.2, 0.25) is 0 Å². The number of carbonyl (C=O) groups excluding carboxylic acids is 3. The van der Waals surface area contributed by atoms with E-state index in [-0.39, 0.29) is 43.4 Å². The van der Waals surface area contributed by atoms with Gasteiger partial charge in [0.1, 0.15) is 24.1 Å². The number of hydrogen-bond donors (Lipinski definition) is 7. The van der Waals surface area contributed by atoms with Crippen molar-refractivity contribution in [1.29, 1.82) is 0 Å². The first kappa shape index (κ1) is 31.1. The van der Waals surface area contributed by atoms with E-state index in [1.54, 1.807) is 12.1 Å². The fraction of sp³-hybridized carbons (Fsp3) is 0.407. The number of aliphatic hydroxyl groups excluding tert-OH is 1. The average molecular weight is 542 g/mol. The van der Waals surface area contributed by atoms with Crippen LogP contribution in [0.15, 0.2) is 59.6 Å². The molecule has 0 aliphatic heterocycles. The first-order chi connectivity index (χ1) is 18.5. The number of aliphatic hydroxyl groups is 1. The first-order valence-corrected chi connectivity index (χ1v) is 12.6. The van der Waals surface area contributed by atoms with E-state index in [9.17, 15) is 24.6 Å². The van der Waals surface area contributed by atoms with E-state index in [0.717, 1.165) is 5.56 Å². The summed E-state index contributed by atoms with van der Waals surface area (Å²) >= 11 is 0. The van der Waals surface area contributed by atoms with Gasteiger partial charge < -0.3 is 42.9 Å². The van der Waals surface area contributed by atoms with Gasteiger partial charge in [0.25, 0.3) is 0 Å². The highest BCUT2D eigenvalue weighted by Gasteiger charge is 2.31. The zero-order chi connectivity index (χ0) is 28.9. The van der Waals surface area contributed by atoms with Crippen LogP contribution >= 0.6 is 0 Å². The fourth-order valence-electron chi connectivity index (χ4n) is 3.93. The zero-order valence-electron chi connectivity index (χ0n) is 22.3. The Morgan fingerprint density at radius 2 is 1.56 bits per heavy atom. The minimum Gasteiger partial charge on any atom is -0.508 e. The second-order valence-corrected chi connectivity index (χ2v) is 9.32. The van der Waals surface area contributed by atoms with Gasteiger partial charge in [-0.15, -0.1) is 0 Å². The number of guanidine groups is 1. The number of amides is 3. The highest BCUT2D eigenvalue weighted by atomic mass is 16.3. The number of likely N-dealkylation sites (N-methyl/N-ethyl adjacent to an activating group) is 1. The summed E-state index contributed by atoms with van der Waals surface area (Å²) in [5, 5.41) is 25.2. The molecule has 2 aromatic carbocycles. The first-order valence-electron chi connectivity index (χ1n) is 12.6. The van der Waals surface area contributed by atoms with Gasteiger partial charge in [-0.1, -0.05) is 42.5 Å². The molecule has 0 aliphatic carbocycles. The predicted molar refractivity (Wildman–Crippen MR) is 148 cm³/mol. The normalized spacial score (nSPS) is 13.8. The van der Waals surface area contributed by atoms with Crippen molar-refractivity contribution in [3.8, 4) is 5.75 Å². The standard InChI is InChI=1S/C27H39N7O5/c1-17(35)34(2)23(16-19-10-12-20(36)13-11-19)26(39)32-21(9-6-14-31-27(29)30)25(38)33-22(24(28)37)15-18-7-4-3-5-8-18/h3-5,7-8,10-13,21-24,36-37H,6,9,14-16,28H2,1-2H3,(H,32,39)(H,33,38)(H4,29,30,31). The Balaban J connectivity index is 2.24. The van der Waals surface area contributed by atoms with Crippen molar-refractivity contribution < 1.29 is 24.6 Å². The van der Waals surface area contributed by atoms with Crippen LogP contribution in [0.25, 0.3) is 0 Å². The SMILES string of the molecule is CC(=O)N(C)C(Cc1ccc(O)cc1)C(=O)NC(CCCN=C(N)N)C(=O)NC(Cc1ccccc1)C(N)O. The molecule has 2 rings (SSSR count). The van der Waals surface area contributed by atoms with Crippen LogP contribution in [0.4, 0.5) is 0 Å².